The first-order chi connectivity index (χ1) is 6.27. The number of thiazole rings is 1. The number of nitrogens with zero attached hydrogens (tertiary/aromatic N) is 1. The van der Waals surface area contributed by atoms with E-state index in [1.54, 1.807) is 29.3 Å². The second-order valence-electron chi connectivity index (χ2n) is 2.64. The molecule has 0 aromatic carbocycles. The summed E-state index contributed by atoms with van der Waals surface area (Å²) < 4.78 is 0. The highest BCUT2D eigenvalue weighted by atomic mass is 32.2. The third kappa shape index (κ3) is 1.84. The number of carboxylic acids is 1. The Bertz CT molecular complexity index is 301. The second kappa shape index (κ2) is 3.65. The quantitative estimate of drug-likeness (QED) is 0.770. The average Bonchev–Trinajstić information content (AvgIpc) is 2.75. The van der Waals surface area contributed by atoms with E-state index in [4.69, 9.17) is 5.11 Å². The van der Waals surface area contributed by atoms with Crippen molar-refractivity contribution in [3.8, 4) is 0 Å². The number of aromatic nitrogens is 1. The van der Waals surface area contributed by atoms with E-state index in [2.05, 4.69) is 10.3 Å². The van der Waals surface area contributed by atoms with Crippen LogP contribution in [-0.2, 0) is 4.79 Å². The van der Waals surface area contributed by atoms with Gasteiger partial charge in [0, 0.05) is 17.3 Å². The monoisotopic (exact) mass is 216 g/mol. The summed E-state index contributed by atoms with van der Waals surface area (Å²) in [6.07, 6.45) is 1.73. The van der Waals surface area contributed by atoms with E-state index >= 15 is 0 Å². The first-order valence-electron chi connectivity index (χ1n) is 3.77. The zero-order valence-electron chi connectivity index (χ0n) is 6.64. The highest BCUT2D eigenvalue weighted by molar-refractivity contribution is 7.99. The van der Waals surface area contributed by atoms with Gasteiger partial charge < -0.3 is 5.11 Å². The highest BCUT2D eigenvalue weighted by Gasteiger charge is 2.31. The molecule has 2 unspecified atom stereocenters. The molecule has 1 aliphatic heterocycles. The molecular formula is C7H8N2O2S2. The van der Waals surface area contributed by atoms with Crippen molar-refractivity contribution in [3.63, 3.8) is 0 Å². The predicted octanol–water partition coefficient (Wildman–Crippen LogP) is 0.931. The summed E-state index contributed by atoms with van der Waals surface area (Å²) in [7, 11) is 0. The molecule has 1 aromatic heterocycles. The Hall–Kier alpha value is -0.590. The molecular weight excluding hydrogens is 208 g/mol. The van der Waals surface area contributed by atoms with Gasteiger partial charge in [-0.05, 0) is 0 Å². The van der Waals surface area contributed by atoms with E-state index in [9.17, 15) is 4.79 Å². The fourth-order valence-electron chi connectivity index (χ4n) is 1.12. The number of hydrogen-bond donors (Lipinski definition) is 2. The average molecular weight is 216 g/mol. The zero-order valence-corrected chi connectivity index (χ0v) is 8.27. The van der Waals surface area contributed by atoms with Gasteiger partial charge in [0.05, 0.1) is 0 Å². The number of nitrogens with one attached hydrogen (secondary N) is 1. The maximum atomic E-state index is 10.6. The Morgan fingerprint density at radius 3 is 3.15 bits per heavy atom. The number of rotatable bonds is 2. The van der Waals surface area contributed by atoms with Gasteiger partial charge in [-0.25, -0.2) is 4.98 Å². The molecule has 0 radical (unpaired) electrons. The van der Waals surface area contributed by atoms with Gasteiger partial charge >= 0.3 is 5.97 Å². The second-order valence-corrected chi connectivity index (χ2v) is 4.71. The molecule has 2 rings (SSSR count). The first kappa shape index (κ1) is 8.98. The van der Waals surface area contributed by atoms with Crippen molar-refractivity contribution in [3.05, 3.63) is 16.6 Å². The zero-order chi connectivity index (χ0) is 9.26. The van der Waals surface area contributed by atoms with Crippen LogP contribution in [0.3, 0.4) is 0 Å². The smallest absolute Gasteiger partial charge is 0.321 e. The molecule has 70 valence electrons. The molecule has 0 spiro atoms. The van der Waals surface area contributed by atoms with Crippen molar-refractivity contribution in [2.24, 2.45) is 0 Å². The minimum absolute atomic E-state index is 0.0566. The summed E-state index contributed by atoms with van der Waals surface area (Å²) in [5.41, 5.74) is 0. The highest BCUT2D eigenvalue weighted by Crippen LogP contribution is 2.33. The Morgan fingerprint density at radius 2 is 2.62 bits per heavy atom. The molecule has 2 atom stereocenters. The lowest BCUT2D eigenvalue weighted by Crippen LogP contribution is -2.33. The third-order valence-electron chi connectivity index (χ3n) is 1.76. The van der Waals surface area contributed by atoms with Gasteiger partial charge in [-0.3, -0.25) is 10.1 Å². The molecule has 2 N–H and O–H groups in total. The molecule has 13 heavy (non-hydrogen) atoms. The lowest BCUT2D eigenvalue weighted by atomic mass is 10.3. The Labute approximate surface area is 83.4 Å². The molecule has 6 heteroatoms. The van der Waals surface area contributed by atoms with Gasteiger partial charge in [-0.1, -0.05) is 0 Å². The van der Waals surface area contributed by atoms with Crippen LogP contribution in [0.4, 0.5) is 0 Å². The largest absolute Gasteiger partial charge is 0.480 e. The molecule has 0 saturated carbocycles. The normalized spacial score (nSPS) is 27.7. The van der Waals surface area contributed by atoms with E-state index in [1.807, 2.05) is 5.38 Å². The van der Waals surface area contributed by atoms with Crippen molar-refractivity contribution < 1.29 is 9.90 Å². The van der Waals surface area contributed by atoms with Gasteiger partial charge in [-0.2, -0.15) is 0 Å². The van der Waals surface area contributed by atoms with Crippen LogP contribution in [0.25, 0.3) is 0 Å². The SMILES string of the molecule is O=C(O)C1CSC(c2nccs2)N1. The van der Waals surface area contributed by atoms with Crippen LogP contribution in [0.5, 0.6) is 0 Å². The maximum Gasteiger partial charge on any atom is 0.321 e. The number of hydrogen-bond acceptors (Lipinski definition) is 5. The van der Waals surface area contributed by atoms with Crippen LogP contribution >= 0.6 is 23.1 Å². The van der Waals surface area contributed by atoms with E-state index < -0.39 is 12.0 Å². The summed E-state index contributed by atoms with van der Waals surface area (Å²) in [4.78, 5) is 14.8. The molecule has 1 saturated heterocycles. The number of aliphatic carboxylic acids is 1. The molecule has 1 aromatic rings. The van der Waals surface area contributed by atoms with Crippen LogP contribution in [-0.4, -0.2) is 27.9 Å². The van der Waals surface area contributed by atoms with Gasteiger partial charge in [0.1, 0.15) is 16.4 Å². The summed E-state index contributed by atoms with van der Waals surface area (Å²) >= 11 is 3.14. The Kier molecular flexibility index (Phi) is 2.52. The topological polar surface area (TPSA) is 62.2 Å². The lowest BCUT2D eigenvalue weighted by molar-refractivity contribution is -0.138. The van der Waals surface area contributed by atoms with Crippen molar-refractivity contribution in [1.29, 1.82) is 0 Å². The van der Waals surface area contributed by atoms with Crippen LogP contribution in [0.1, 0.15) is 10.4 Å². The van der Waals surface area contributed by atoms with Gasteiger partial charge in [0.15, 0.2) is 0 Å². The number of thioether (sulfide) groups is 1. The minimum atomic E-state index is -0.786. The van der Waals surface area contributed by atoms with E-state index in [0.717, 1.165) is 5.01 Å². The maximum absolute atomic E-state index is 10.6. The molecule has 0 amide bonds. The summed E-state index contributed by atoms with van der Waals surface area (Å²) in [6, 6.07) is -0.432. The fourth-order valence-corrected chi connectivity index (χ4v) is 3.15. The van der Waals surface area contributed by atoms with Crippen molar-refractivity contribution >= 4 is 29.1 Å². The van der Waals surface area contributed by atoms with Crippen LogP contribution in [0.15, 0.2) is 11.6 Å². The Balaban J connectivity index is 2.03. The van der Waals surface area contributed by atoms with Crippen LogP contribution < -0.4 is 5.32 Å². The first-order valence-corrected chi connectivity index (χ1v) is 5.70. The van der Waals surface area contributed by atoms with E-state index in [0.29, 0.717) is 5.75 Å². The fraction of sp³-hybridized carbons (Fsp3) is 0.429. The molecule has 0 bridgehead atoms. The van der Waals surface area contributed by atoms with Crippen molar-refractivity contribution in [1.82, 2.24) is 10.3 Å². The van der Waals surface area contributed by atoms with Crippen LogP contribution in [0.2, 0.25) is 0 Å². The summed E-state index contributed by atoms with van der Waals surface area (Å²) in [5.74, 6) is -0.175. The Morgan fingerprint density at radius 1 is 1.77 bits per heavy atom. The summed E-state index contributed by atoms with van der Waals surface area (Å²) in [5, 5.41) is 14.6. The summed E-state index contributed by atoms with van der Waals surface area (Å²) in [6.45, 7) is 0. The third-order valence-corrected chi connectivity index (χ3v) is 3.96. The van der Waals surface area contributed by atoms with Gasteiger partial charge in [0.25, 0.3) is 0 Å². The molecule has 0 aliphatic carbocycles. The van der Waals surface area contributed by atoms with E-state index in [-0.39, 0.29) is 5.37 Å². The van der Waals surface area contributed by atoms with Crippen molar-refractivity contribution in [2.75, 3.05) is 5.75 Å². The number of carboxylic acid groups (broad SMARTS) is 1. The predicted molar refractivity (Wildman–Crippen MR) is 51.9 cm³/mol. The molecule has 1 aliphatic rings. The van der Waals surface area contributed by atoms with Crippen LogP contribution in [0, 0.1) is 0 Å². The van der Waals surface area contributed by atoms with Crippen molar-refractivity contribution in [2.45, 2.75) is 11.4 Å². The molecule has 2 heterocycles. The van der Waals surface area contributed by atoms with E-state index in [1.165, 1.54) is 0 Å². The molecule has 1 fully saturated rings. The number of carbonyl (C=O) groups is 1. The van der Waals surface area contributed by atoms with Gasteiger partial charge in [-0.15, -0.1) is 23.1 Å². The van der Waals surface area contributed by atoms with Gasteiger partial charge in [0.2, 0.25) is 0 Å². The lowest BCUT2D eigenvalue weighted by Gasteiger charge is -2.06. The molecule has 4 nitrogen and oxygen atoms in total. The minimum Gasteiger partial charge on any atom is -0.480 e. The standard InChI is InChI=1S/C7H8N2O2S2/c10-7(11)4-3-13-6(9-4)5-8-1-2-12-5/h1-2,4,6,9H,3H2,(H,10,11).